The lowest BCUT2D eigenvalue weighted by atomic mass is 10.1. The average Bonchev–Trinajstić information content (AvgIpc) is 3.07. The van der Waals surface area contributed by atoms with Gasteiger partial charge in [0.1, 0.15) is 17.1 Å². The molecule has 2 aromatic carbocycles. The summed E-state index contributed by atoms with van der Waals surface area (Å²) in [6, 6.07) is 10.9. The molecule has 0 saturated heterocycles. The summed E-state index contributed by atoms with van der Waals surface area (Å²) in [7, 11) is 4.80. The van der Waals surface area contributed by atoms with Gasteiger partial charge in [-0.1, -0.05) is 12.1 Å². The summed E-state index contributed by atoms with van der Waals surface area (Å²) in [5, 5.41) is 0. The molecule has 3 rings (SSSR count). The average molecular weight is 329 g/mol. The molecule has 0 bridgehead atoms. The van der Waals surface area contributed by atoms with Crippen molar-refractivity contribution in [3.63, 3.8) is 0 Å². The van der Waals surface area contributed by atoms with Gasteiger partial charge in [0.2, 0.25) is 6.79 Å². The Kier molecular flexibility index (Phi) is 4.46. The van der Waals surface area contributed by atoms with E-state index in [1.165, 1.54) is 14.2 Å². The van der Waals surface area contributed by atoms with Crippen LogP contribution < -0.4 is 18.9 Å². The molecule has 0 N–H and O–H groups in total. The van der Waals surface area contributed by atoms with Crippen LogP contribution in [-0.2, 0) is 6.54 Å². The summed E-state index contributed by atoms with van der Waals surface area (Å²) in [5.74, 6) is 2.21. The molecule has 6 nitrogen and oxygen atoms in total. The van der Waals surface area contributed by atoms with Crippen LogP contribution in [0.5, 0.6) is 23.0 Å². The van der Waals surface area contributed by atoms with E-state index < -0.39 is 0 Å². The maximum atomic E-state index is 12.9. The van der Waals surface area contributed by atoms with Gasteiger partial charge in [-0.3, -0.25) is 4.79 Å². The van der Waals surface area contributed by atoms with Crippen molar-refractivity contribution in [2.75, 3.05) is 28.1 Å². The summed E-state index contributed by atoms with van der Waals surface area (Å²) in [5.41, 5.74) is 1.36. The number of hydrogen-bond donors (Lipinski definition) is 0. The van der Waals surface area contributed by atoms with Crippen LogP contribution in [0.4, 0.5) is 0 Å². The van der Waals surface area contributed by atoms with Crippen molar-refractivity contribution < 1.29 is 23.7 Å². The van der Waals surface area contributed by atoms with Crippen LogP contribution in [0.3, 0.4) is 0 Å². The maximum Gasteiger partial charge on any atom is 0.261 e. The number of methoxy groups -OCH3 is 2. The molecular weight excluding hydrogens is 310 g/mol. The van der Waals surface area contributed by atoms with E-state index in [1.807, 2.05) is 18.2 Å². The Morgan fingerprint density at radius 2 is 1.75 bits per heavy atom. The highest BCUT2D eigenvalue weighted by Gasteiger charge is 2.22. The lowest BCUT2D eigenvalue weighted by Gasteiger charge is -2.20. The van der Waals surface area contributed by atoms with E-state index in [1.54, 1.807) is 30.1 Å². The molecule has 0 aromatic heterocycles. The number of nitrogens with zero attached hydrogens (tertiary/aromatic N) is 1. The van der Waals surface area contributed by atoms with E-state index in [9.17, 15) is 4.79 Å². The molecule has 2 aromatic rings. The molecule has 0 radical (unpaired) electrons. The van der Waals surface area contributed by atoms with E-state index in [-0.39, 0.29) is 12.7 Å². The van der Waals surface area contributed by atoms with Crippen LogP contribution in [0.15, 0.2) is 36.4 Å². The molecular formula is C18H19NO5. The standard InChI is InChI=1S/C18H19NO5/c1-19(10-12-7-8-13-16(9-12)24-11-23-13)18(20)17-14(21-2)5-4-6-15(17)22-3/h4-9H,10-11H2,1-3H3. The third-order valence-corrected chi connectivity index (χ3v) is 3.85. The molecule has 0 fully saturated rings. The number of carbonyl (C=O) groups excluding carboxylic acids is 1. The van der Waals surface area contributed by atoms with Gasteiger partial charge in [-0.05, 0) is 29.8 Å². The van der Waals surface area contributed by atoms with Crippen molar-refractivity contribution in [2.24, 2.45) is 0 Å². The van der Waals surface area contributed by atoms with Gasteiger partial charge < -0.3 is 23.8 Å². The van der Waals surface area contributed by atoms with E-state index in [0.717, 1.165) is 11.3 Å². The lowest BCUT2D eigenvalue weighted by molar-refractivity contribution is 0.0778. The van der Waals surface area contributed by atoms with Gasteiger partial charge in [0.05, 0.1) is 14.2 Å². The molecule has 126 valence electrons. The maximum absolute atomic E-state index is 12.9. The summed E-state index contributed by atoms with van der Waals surface area (Å²) in [4.78, 5) is 14.5. The number of carbonyl (C=O) groups is 1. The molecule has 0 unspecified atom stereocenters. The first-order valence-corrected chi connectivity index (χ1v) is 7.49. The summed E-state index contributed by atoms with van der Waals surface area (Å²) in [6.07, 6.45) is 0. The number of amides is 1. The minimum Gasteiger partial charge on any atom is -0.496 e. The Labute approximate surface area is 140 Å². The summed E-state index contributed by atoms with van der Waals surface area (Å²) >= 11 is 0. The Morgan fingerprint density at radius 3 is 2.42 bits per heavy atom. The third kappa shape index (κ3) is 2.95. The Hall–Kier alpha value is -2.89. The Morgan fingerprint density at radius 1 is 1.08 bits per heavy atom. The van der Waals surface area contributed by atoms with Crippen molar-refractivity contribution in [1.29, 1.82) is 0 Å². The van der Waals surface area contributed by atoms with E-state index in [2.05, 4.69) is 0 Å². The SMILES string of the molecule is COc1cccc(OC)c1C(=O)N(C)Cc1ccc2c(c1)OCO2. The first-order chi connectivity index (χ1) is 11.6. The topological polar surface area (TPSA) is 57.2 Å². The Bertz CT molecular complexity index is 737. The van der Waals surface area contributed by atoms with Crippen molar-refractivity contribution >= 4 is 5.91 Å². The molecule has 24 heavy (non-hydrogen) atoms. The second-order valence-corrected chi connectivity index (χ2v) is 5.39. The van der Waals surface area contributed by atoms with Gasteiger partial charge in [0, 0.05) is 13.6 Å². The largest absolute Gasteiger partial charge is 0.496 e. The predicted molar refractivity (Wildman–Crippen MR) is 87.9 cm³/mol. The monoisotopic (exact) mass is 329 g/mol. The molecule has 1 aliphatic heterocycles. The van der Waals surface area contributed by atoms with E-state index in [0.29, 0.717) is 29.4 Å². The fraction of sp³-hybridized carbons (Fsp3) is 0.278. The zero-order chi connectivity index (χ0) is 17.1. The summed E-state index contributed by atoms with van der Waals surface area (Å²) < 4.78 is 21.3. The molecule has 0 aliphatic carbocycles. The summed E-state index contributed by atoms with van der Waals surface area (Å²) in [6.45, 7) is 0.655. The van der Waals surface area contributed by atoms with Crippen molar-refractivity contribution in [3.05, 3.63) is 47.5 Å². The van der Waals surface area contributed by atoms with Crippen LogP contribution in [0.2, 0.25) is 0 Å². The van der Waals surface area contributed by atoms with Crippen LogP contribution in [0.25, 0.3) is 0 Å². The predicted octanol–water partition coefficient (Wildman–Crippen LogP) is 2.70. The van der Waals surface area contributed by atoms with E-state index in [4.69, 9.17) is 18.9 Å². The highest BCUT2D eigenvalue weighted by atomic mass is 16.7. The molecule has 1 amide bonds. The van der Waals surface area contributed by atoms with Gasteiger partial charge in [-0.15, -0.1) is 0 Å². The van der Waals surface area contributed by atoms with Crippen LogP contribution in [0, 0.1) is 0 Å². The van der Waals surface area contributed by atoms with Gasteiger partial charge in [0.15, 0.2) is 11.5 Å². The molecule has 0 atom stereocenters. The second-order valence-electron chi connectivity index (χ2n) is 5.39. The van der Waals surface area contributed by atoms with Crippen LogP contribution >= 0.6 is 0 Å². The minimum absolute atomic E-state index is 0.179. The number of benzene rings is 2. The second kappa shape index (κ2) is 6.70. The first-order valence-electron chi connectivity index (χ1n) is 7.49. The normalized spacial score (nSPS) is 12.0. The lowest BCUT2D eigenvalue weighted by Crippen LogP contribution is -2.27. The van der Waals surface area contributed by atoms with E-state index >= 15 is 0 Å². The highest BCUT2D eigenvalue weighted by molar-refractivity contribution is 5.99. The fourth-order valence-electron chi connectivity index (χ4n) is 2.64. The van der Waals surface area contributed by atoms with Crippen molar-refractivity contribution in [2.45, 2.75) is 6.54 Å². The molecule has 0 saturated carbocycles. The third-order valence-electron chi connectivity index (χ3n) is 3.85. The first kappa shape index (κ1) is 16.0. The molecule has 0 spiro atoms. The number of fused-ring (bicyclic) bond motifs is 1. The molecule has 1 aliphatic rings. The minimum atomic E-state index is -0.179. The van der Waals surface area contributed by atoms with Crippen molar-refractivity contribution in [3.8, 4) is 23.0 Å². The zero-order valence-corrected chi connectivity index (χ0v) is 13.9. The molecule has 1 heterocycles. The van der Waals surface area contributed by atoms with Gasteiger partial charge >= 0.3 is 0 Å². The van der Waals surface area contributed by atoms with Crippen LogP contribution in [-0.4, -0.2) is 38.9 Å². The fourth-order valence-corrected chi connectivity index (χ4v) is 2.64. The number of ether oxygens (including phenoxy) is 4. The van der Waals surface area contributed by atoms with Crippen LogP contribution in [0.1, 0.15) is 15.9 Å². The van der Waals surface area contributed by atoms with Crippen molar-refractivity contribution in [1.82, 2.24) is 4.90 Å². The van der Waals surface area contributed by atoms with Gasteiger partial charge in [0.25, 0.3) is 5.91 Å². The molecule has 6 heteroatoms. The number of hydrogen-bond acceptors (Lipinski definition) is 5. The Balaban J connectivity index is 1.83. The number of rotatable bonds is 5. The highest BCUT2D eigenvalue weighted by Crippen LogP contribution is 2.33. The van der Waals surface area contributed by atoms with Gasteiger partial charge in [-0.2, -0.15) is 0 Å². The smallest absolute Gasteiger partial charge is 0.261 e. The zero-order valence-electron chi connectivity index (χ0n) is 13.9. The van der Waals surface area contributed by atoms with Gasteiger partial charge in [-0.25, -0.2) is 0 Å². The quantitative estimate of drug-likeness (QED) is 0.844.